The first kappa shape index (κ1) is 17.7. The van der Waals surface area contributed by atoms with Crippen LogP contribution in [-0.2, 0) is 17.6 Å². The molecule has 0 heterocycles. The Hall–Kier alpha value is -2.66. The number of hydrogen-bond acceptors (Lipinski definition) is 3. The SMILES string of the molecule is CNC(=O)c1cccc(CCNC(=O)[C@@H](N)Cc2ccccc2)c1. The first-order valence-corrected chi connectivity index (χ1v) is 7.98. The molecule has 24 heavy (non-hydrogen) atoms. The number of nitrogens with two attached hydrogens (primary N) is 1. The molecule has 0 aliphatic carbocycles. The van der Waals surface area contributed by atoms with Gasteiger partial charge in [-0.05, 0) is 36.1 Å². The monoisotopic (exact) mass is 325 g/mol. The Morgan fingerprint density at radius 2 is 1.75 bits per heavy atom. The van der Waals surface area contributed by atoms with Gasteiger partial charge in [-0.3, -0.25) is 9.59 Å². The van der Waals surface area contributed by atoms with Crippen LogP contribution in [0, 0.1) is 0 Å². The quantitative estimate of drug-likeness (QED) is 0.717. The van der Waals surface area contributed by atoms with E-state index in [0.717, 1.165) is 11.1 Å². The molecule has 5 heteroatoms. The lowest BCUT2D eigenvalue weighted by atomic mass is 10.1. The number of hydrogen-bond donors (Lipinski definition) is 3. The highest BCUT2D eigenvalue weighted by Crippen LogP contribution is 2.06. The van der Waals surface area contributed by atoms with E-state index in [1.54, 1.807) is 13.1 Å². The van der Waals surface area contributed by atoms with Crippen molar-refractivity contribution >= 4 is 11.8 Å². The van der Waals surface area contributed by atoms with Crippen LogP contribution < -0.4 is 16.4 Å². The number of rotatable bonds is 7. The summed E-state index contributed by atoms with van der Waals surface area (Å²) in [7, 11) is 1.60. The molecule has 5 nitrogen and oxygen atoms in total. The first-order valence-electron chi connectivity index (χ1n) is 7.98. The maximum Gasteiger partial charge on any atom is 0.251 e. The van der Waals surface area contributed by atoms with E-state index >= 15 is 0 Å². The Bertz CT molecular complexity index is 686. The minimum atomic E-state index is -0.565. The minimum Gasteiger partial charge on any atom is -0.355 e. The Kier molecular flexibility index (Phi) is 6.51. The Morgan fingerprint density at radius 1 is 1.04 bits per heavy atom. The number of benzene rings is 2. The van der Waals surface area contributed by atoms with E-state index in [1.807, 2.05) is 48.5 Å². The molecular formula is C19H23N3O2. The fourth-order valence-corrected chi connectivity index (χ4v) is 2.43. The summed E-state index contributed by atoms with van der Waals surface area (Å²) in [5, 5.41) is 5.45. The highest BCUT2D eigenvalue weighted by molar-refractivity contribution is 5.94. The van der Waals surface area contributed by atoms with Crippen molar-refractivity contribution in [1.29, 1.82) is 0 Å². The van der Waals surface area contributed by atoms with Crippen molar-refractivity contribution in [1.82, 2.24) is 10.6 Å². The zero-order chi connectivity index (χ0) is 17.4. The van der Waals surface area contributed by atoms with Crippen LogP contribution in [0.15, 0.2) is 54.6 Å². The van der Waals surface area contributed by atoms with E-state index in [0.29, 0.717) is 24.9 Å². The van der Waals surface area contributed by atoms with Crippen molar-refractivity contribution < 1.29 is 9.59 Å². The van der Waals surface area contributed by atoms with Crippen molar-refractivity contribution in [3.8, 4) is 0 Å². The van der Waals surface area contributed by atoms with Gasteiger partial charge in [-0.25, -0.2) is 0 Å². The van der Waals surface area contributed by atoms with Crippen LogP contribution in [-0.4, -0.2) is 31.4 Å². The predicted molar refractivity (Wildman–Crippen MR) is 94.7 cm³/mol. The average Bonchev–Trinajstić information content (AvgIpc) is 2.62. The van der Waals surface area contributed by atoms with Crippen LogP contribution in [0.4, 0.5) is 0 Å². The summed E-state index contributed by atoms with van der Waals surface area (Å²) in [5.41, 5.74) is 8.59. The third-order valence-electron chi connectivity index (χ3n) is 3.76. The second-order valence-corrected chi connectivity index (χ2v) is 5.62. The molecule has 0 aliphatic heterocycles. The van der Waals surface area contributed by atoms with E-state index in [1.165, 1.54) is 0 Å². The number of carbonyl (C=O) groups is 2. The molecule has 0 unspecified atom stereocenters. The van der Waals surface area contributed by atoms with Crippen LogP contribution in [0.1, 0.15) is 21.5 Å². The molecule has 0 saturated carbocycles. The van der Waals surface area contributed by atoms with E-state index < -0.39 is 6.04 Å². The van der Waals surface area contributed by atoms with Gasteiger partial charge in [-0.1, -0.05) is 42.5 Å². The van der Waals surface area contributed by atoms with Crippen molar-refractivity contribution in [3.05, 3.63) is 71.3 Å². The maximum absolute atomic E-state index is 12.1. The third-order valence-corrected chi connectivity index (χ3v) is 3.76. The van der Waals surface area contributed by atoms with Crippen LogP contribution in [0.5, 0.6) is 0 Å². The van der Waals surface area contributed by atoms with E-state index in [9.17, 15) is 9.59 Å². The molecule has 126 valence electrons. The molecule has 0 fully saturated rings. The van der Waals surface area contributed by atoms with Crippen molar-refractivity contribution in [2.45, 2.75) is 18.9 Å². The van der Waals surface area contributed by atoms with Gasteiger partial charge in [0.1, 0.15) is 0 Å². The van der Waals surface area contributed by atoms with E-state index in [2.05, 4.69) is 10.6 Å². The molecule has 2 rings (SSSR count). The van der Waals surface area contributed by atoms with Gasteiger partial charge >= 0.3 is 0 Å². The van der Waals surface area contributed by atoms with E-state index in [-0.39, 0.29) is 11.8 Å². The van der Waals surface area contributed by atoms with Gasteiger partial charge in [-0.2, -0.15) is 0 Å². The molecule has 0 aliphatic rings. The smallest absolute Gasteiger partial charge is 0.251 e. The van der Waals surface area contributed by atoms with Gasteiger partial charge in [0.2, 0.25) is 5.91 Å². The zero-order valence-corrected chi connectivity index (χ0v) is 13.8. The van der Waals surface area contributed by atoms with Crippen molar-refractivity contribution in [3.63, 3.8) is 0 Å². The van der Waals surface area contributed by atoms with Crippen LogP contribution in [0.3, 0.4) is 0 Å². The lowest BCUT2D eigenvalue weighted by molar-refractivity contribution is -0.122. The summed E-state index contributed by atoms with van der Waals surface area (Å²) in [6.07, 6.45) is 1.16. The van der Waals surface area contributed by atoms with Crippen LogP contribution in [0.2, 0.25) is 0 Å². The third kappa shape index (κ3) is 5.21. The topological polar surface area (TPSA) is 84.2 Å². The Morgan fingerprint density at radius 3 is 2.46 bits per heavy atom. The summed E-state index contributed by atoms with van der Waals surface area (Å²) in [6, 6.07) is 16.5. The van der Waals surface area contributed by atoms with Gasteiger partial charge in [-0.15, -0.1) is 0 Å². The molecule has 0 saturated heterocycles. The molecule has 0 radical (unpaired) electrons. The highest BCUT2D eigenvalue weighted by Gasteiger charge is 2.13. The van der Waals surface area contributed by atoms with Crippen molar-refractivity contribution in [2.75, 3.05) is 13.6 Å². The summed E-state index contributed by atoms with van der Waals surface area (Å²) in [4.78, 5) is 23.7. The second kappa shape index (κ2) is 8.84. The minimum absolute atomic E-state index is 0.120. The van der Waals surface area contributed by atoms with Gasteiger partial charge in [0.15, 0.2) is 0 Å². The molecule has 0 bridgehead atoms. The Labute approximate surface area is 142 Å². The van der Waals surface area contributed by atoms with Crippen molar-refractivity contribution in [2.24, 2.45) is 5.73 Å². The molecule has 1 atom stereocenters. The highest BCUT2D eigenvalue weighted by atomic mass is 16.2. The molecule has 4 N–H and O–H groups in total. The molecular weight excluding hydrogens is 302 g/mol. The summed E-state index contributed by atoms with van der Waals surface area (Å²) >= 11 is 0. The lowest BCUT2D eigenvalue weighted by Gasteiger charge is -2.12. The second-order valence-electron chi connectivity index (χ2n) is 5.62. The number of nitrogens with one attached hydrogen (secondary N) is 2. The standard InChI is InChI=1S/C19H23N3O2/c1-21-18(23)16-9-5-8-15(12-16)10-11-22-19(24)17(20)13-14-6-3-2-4-7-14/h2-9,12,17H,10-11,13,20H2,1H3,(H,21,23)(H,22,24)/t17-/m0/s1. The molecule has 2 aromatic carbocycles. The Balaban J connectivity index is 1.81. The van der Waals surface area contributed by atoms with Gasteiger partial charge in [0.25, 0.3) is 5.91 Å². The first-order chi connectivity index (χ1) is 11.6. The molecule has 2 amide bonds. The van der Waals surface area contributed by atoms with Crippen LogP contribution >= 0.6 is 0 Å². The van der Waals surface area contributed by atoms with Crippen LogP contribution in [0.25, 0.3) is 0 Å². The van der Waals surface area contributed by atoms with Gasteiger partial charge in [0, 0.05) is 19.2 Å². The molecule has 2 aromatic rings. The van der Waals surface area contributed by atoms with Gasteiger partial charge in [0.05, 0.1) is 6.04 Å². The van der Waals surface area contributed by atoms with E-state index in [4.69, 9.17) is 5.73 Å². The molecule has 0 aromatic heterocycles. The number of carbonyl (C=O) groups excluding carboxylic acids is 2. The summed E-state index contributed by atoms with van der Waals surface area (Å²) in [5.74, 6) is -0.285. The average molecular weight is 325 g/mol. The summed E-state index contributed by atoms with van der Waals surface area (Å²) < 4.78 is 0. The lowest BCUT2D eigenvalue weighted by Crippen LogP contribution is -2.42. The summed E-state index contributed by atoms with van der Waals surface area (Å²) in [6.45, 7) is 0.485. The fourth-order valence-electron chi connectivity index (χ4n) is 2.43. The molecule has 0 spiro atoms. The predicted octanol–water partition coefficient (Wildman–Crippen LogP) is 1.27. The normalized spacial score (nSPS) is 11.6. The fraction of sp³-hybridized carbons (Fsp3) is 0.263. The zero-order valence-electron chi connectivity index (χ0n) is 13.8. The number of amides is 2. The largest absolute Gasteiger partial charge is 0.355 e. The van der Waals surface area contributed by atoms with Gasteiger partial charge < -0.3 is 16.4 Å². The maximum atomic E-state index is 12.1.